The Morgan fingerprint density at radius 3 is 2.27 bits per heavy atom. The summed E-state index contributed by atoms with van der Waals surface area (Å²) < 4.78 is 28.9. The van der Waals surface area contributed by atoms with E-state index < -0.39 is 10.0 Å². The molecular weight excluding hydrogens is 422 g/mol. The molecule has 2 aromatic rings. The molecule has 0 N–H and O–H groups in total. The first-order chi connectivity index (χ1) is 14.4. The summed E-state index contributed by atoms with van der Waals surface area (Å²) >= 11 is 1.37. The molecule has 164 valence electrons. The topological polar surface area (TPSA) is 88.4 Å². The molecule has 2 heterocycles. The third-order valence-electron chi connectivity index (χ3n) is 5.29. The van der Waals surface area contributed by atoms with Gasteiger partial charge in [-0.2, -0.15) is 4.31 Å². The van der Waals surface area contributed by atoms with Crippen molar-refractivity contribution in [3.8, 4) is 11.4 Å². The van der Waals surface area contributed by atoms with Gasteiger partial charge in [0, 0.05) is 38.3 Å². The molecule has 1 aliphatic rings. The van der Waals surface area contributed by atoms with E-state index in [-0.39, 0.29) is 5.91 Å². The molecule has 0 unspecified atom stereocenters. The van der Waals surface area contributed by atoms with Gasteiger partial charge in [-0.3, -0.25) is 4.79 Å². The van der Waals surface area contributed by atoms with Gasteiger partial charge in [-0.1, -0.05) is 11.8 Å². The molecule has 0 atom stereocenters. The van der Waals surface area contributed by atoms with Crippen molar-refractivity contribution < 1.29 is 13.2 Å². The van der Waals surface area contributed by atoms with Crippen LogP contribution in [0.3, 0.4) is 0 Å². The molecule has 1 aromatic heterocycles. The number of hydrogen-bond acceptors (Lipinski definition) is 6. The summed E-state index contributed by atoms with van der Waals surface area (Å²) in [4.78, 5) is 14.4. The summed E-state index contributed by atoms with van der Waals surface area (Å²) in [6, 6.07) is 6.81. The third kappa shape index (κ3) is 4.70. The van der Waals surface area contributed by atoms with E-state index in [9.17, 15) is 13.2 Å². The van der Waals surface area contributed by atoms with Gasteiger partial charge in [0.05, 0.1) is 10.6 Å². The van der Waals surface area contributed by atoms with Gasteiger partial charge in [-0.25, -0.2) is 8.42 Å². The number of thioether (sulfide) groups is 1. The molecule has 0 spiro atoms. The number of nitrogens with zero attached hydrogens (tertiary/aromatic N) is 5. The van der Waals surface area contributed by atoms with E-state index in [0.717, 1.165) is 18.4 Å². The van der Waals surface area contributed by atoms with Gasteiger partial charge in [-0.15, -0.1) is 10.2 Å². The predicted molar refractivity (Wildman–Crippen MR) is 118 cm³/mol. The number of aromatic nitrogens is 3. The molecule has 0 bridgehead atoms. The van der Waals surface area contributed by atoms with Crippen LogP contribution in [0, 0.1) is 0 Å². The molecule has 1 fully saturated rings. The summed E-state index contributed by atoms with van der Waals surface area (Å²) in [7, 11) is -3.44. The number of carbonyl (C=O) groups excluding carboxylic acids is 1. The smallest absolute Gasteiger partial charge is 0.243 e. The first-order valence-corrected chi connectivity index (χ1v) is 12.8. The molecule has 30 heavy (non-hydrogen) atoms. The van der Waals surface area contributed by atoms with Crippen LogP contribution in [0.5, 0.6) is 0 Å². The van der Waals surface area contributed by atoms with E-state index >= 15 is 0 Å². The largest absolute Gasteiger partial charge is 0.343 e. The Bertz CT molecular complexity index is 963. The van der Waals surface area contributed by atoms with Crippen LogP contribution in [0.2, 0.25) is 0 Å². The van der Waals surface area contributed by atoms with Crippen molar-refractivity contribution in [2.45, 2.75) is 50.2 Å². The van der Waals surface area contributed by atoms with E-state index in [1.165, 1.54) is 16.1 Å². The lowest BCUT2D eigenvalue weighted by Crippen LogP contribution is -2.31. The first kappa shape index (κ1) is 22.8. The monoisotopic (exact) mass is 451 g/mol. The Balaban J connectivity index is 1.77. The molecule has 0 radical (unpaired) electrons. The van der Waals surface area contributed by atoms with Gasteiger partial charge in [-0.05, 0) is 57.9 Å². The highest BCUT2D eigenvalue weighted by atomic mass is 32.2. The summed E-state index contributed by atoms with van der Waals surface area (Å²) in [6.45, 7) is 9.12. The maximum atomic E-state index is 12.7. The van der Waals surface area contributed by atoms with Gasteiger partial charge in [0.15, 0.2) is 11.0 Å². The molecule has 1 amide bonds. The minimum absolute atomic E-state index is 0.0775. The number of hydrogen-bond donors (Lipinski definition) is 0. The lowest BCUT2D eigenvalue weighted by atomic mass is 10.2. The highest BCUT2D eigenvalue weighted by Gasteiger charge is 2.27. The molecule has 3 rings (SSSR count). The van der Waals surface area contributed by atoms with E-state index in [1.54, 1.807) is 29.2 Å². The average Bonchev–Trinajstić information content (AvgIpc) is 3.43. The van der Waals surface area contributed by atoms with Crippen molar-refractivity contribution in [1.29, 1.82) is 0 Å². The van der Waals surface area contributed by atoms with Crippen molar-refractivity contribution >= 4 is 27.7 Å². The fourth-order valence-electron chi connectivity index (χ4n) is 3.54. The van der Waals surface area contributed by atoms with Gasteiger partial charge in [0.25, 0.3) is 0 Å². The molecule has 1 saturated heterocycles. The quantitative estimate of drug-likeness (QED) is 0.545. The second-order valence-electron chi connectivity index (χ2n) is 7.04. The lowest BCUT2D eigenvalue weighted by Gasteiger charge is -2.18. The lowest BCUT2D eigenvalue weighted by molar-refractivity contribution is -0.127. The van der Waals surface area contributed by atoms with Gasteiger partial charge < -0.3 is 9.47 Å². The highest BCUT2D eigenvalue weighted by Crippen LogP contribution is 2.27. The third-order valence-corrected chi connectivity index (χ3v) is 8.15. The Morgan fingerprint density at radius 1 is 1.07 bits per heavy atom. The zero-order valence-electron chi connectivity index (χ0n) is 17.7. The van der Waals surface area contributed by atoms with E-state index in [1.807, 2.05) is 25.3 Å². The molecule has 1 aromatic carbocycles. The van der Waals surface area contributed by atoms with Crippen LogP contribution >= 0.6 is 11.8 Å². The number of sulfonamides is 1. The van der Waals surface area contributed by atoms with Crippen molar-refractivity contribution in [2.24, 2.45) is 0 Å². The zero-order chi connectivity index (χ0) is 21.7. The Hall–Kier alpha value is -1.91. The second kappa shape index (κ2) is 9.93. The predicted octanol–water partition coefficient (Wildman–Crippen LogP) is 2.71. The van der Waals surface area contributed by atoms with Crippen LogP contribution in [0.25, 0.3) is 11.4 Å². The van der Waals surface area contributed by atoms with Crippen LogP contribution in [-0.4, -0.2) is 70.2 Å². The summed E-state index contributed by atoms with van der Waals surface area (Å²) in [5, 5.41) is 9.24. The van der Waals surface area contributed by atoms with Crippen LogP contribution in [0.1, 0.15) is 33.6 Å². The number of carbonyl (C=O) groups is 1. The molecule has 0 saturated carbocycles. The number of rotatable bonds is 9. The summed E-state index contributed by atoms with van der Waals surface area (Å²) in [5.41, 5.74) is 0.798. The average molecular weight is 452 g/mol. The summed E-state index contributed by atoms with van der Waals surface area (Å²) in [5.74, 6) is 1.06. The normalized spacial score (nSPS) is 14.9. The molecule has 10 heteroatoms. The maximum Gasteiger partial charge on any atom is 0.243 e. The highest BCUT2D eigenvalue weighted by molar-refractivity contribution is 7.99. The maximum absolute atomic E-state index is 12.7. The van der Waals surface area contributed by atoms with Crippen molar-refractivity contribution in [1.82, 2.24) is 24.0 Å². The van der Waals surface area contributed by atoms with Crippen molar-refractivity contribution in [3.05, 3.63) is 24.3 Å². The fraction of sp³-hybridized carbons (Fsp3) is 0.550. The molecule has 0 aliphatic carbocycles. The van der Waals surface area contributed by atoms with Crippen molar-refractivity contribution in [2.75, 3.05) is 31.9 Å². The standard InChI is InChI=1S/C20H29N5O3S2/c1-4-23(5-2)18(26)15-29-20-22-21-19(25(20)6-3)16-9-11-17(12-10-16)30(27,28)24-13-7-8-14-24/h9-12H,4-8,13-15H2,1-3H3. The second-order valence-corrected chi connectivity index (χ2v) is 9.92. The van der Waals surface area contributed by atoms with Gasteiger partial charge in [0.1, 0.15) is 0 Å². The fourth-order valence-corrected chi connectivity index (χ4v) is 5.96. The molecule has 1 aliphatic heterocycles. The zero-order valence-corrected chi connectivity index (χ0v) is 19.4. The Kier molecular flexibility index (Phi) is 7.54. The number of amides is 1. The van der Waals surface area contributed by atoms with Gasteiger partial charge >= 0.3 is 0 Å². The van der Waals surface area contributed by atoms with E-state index in [0.29, 0.717) is 54.4 Å². The van der Waals surface area contributed by atoms with Crippen LogP contribution in [0.4, 0.5) is 0 Å². The van der Waals surface area contributed by atoms with Crippen molar-refractivity contribution in [3.63, 3.8) is 0 Å². The SMILES string of the molecule is CCN(CC)C(=O)CSc1nnc(-c2ccc(S(=O)(=O)N3CCCC3)cc2)n1CC. The van der Waals surface area contributed by atoms with Crippen LogP contribution < -0.4 is 0 Å². The molecular formula is C20H29N5O3S2. The Labute approximate surface area is 182 Å². The summed E-state index contributed by atoms with van der Waals surface area (Å²) in [6.07, 6.45) is 1.82. The van der Waals surface area contributed by atoms with E-state index in [4.69, 9.17) is 0 Å². The Morgan fingerprint density at radius 2 is 1.70 bits per heavy atom. The van der Waals surface area contributed by atoms with Gasteiger partial charge in [0.2, 0.25) is 15.9 Å². The minimum Gasteiger partial charge on any atom is -0.343 e. The van der Waals surface area contributed by atoms with Crippen LogP contribution in [-0.2, 0) is 21.4 Å². The van der Waals surface area contributed by atoms with Crippen LogP contribution in [0.15, 0.2) is 34.3 Å². The number of benzene rings is 1. The molecule has 8 nitrogen and oxygen atoms in total. The van der Waals surface area contributed by atoms with E-state index in [2.05, 4.69) is 10.2 Å². The first-order valence-electron chi connectivity index (χ1n) is 10.4. The minimum atomic E-state index is -3.44.